The minimum Gasteiger partial charge on any atom is -0.355 e. The first kappa shape index (κ1) is 12.5. The topological polar surface area (TPSA) is 41.1 Å². The van der Waals surface area contributed by atoms with Gasteiger partial charge in [-0.15, -0.1) is 0 Å². The van der Waals surface area contributed by atoms with Crippen LogP contribution in [0.3, 0.4) is 0 Å². The summed E-state index contributed by atoms with van der Waals surface area (Å²) in [5, 5.41) is 5.78. The summed E-state index contributed by atoms with van der Waals surface area (Å²) in [6.07, 6.45) is 0. The van der Waals surface area contributed by atoms with E-state index in [0.717, 1.165) is 11.1 Å². The van der Waals surface area contributed by atoms with Crippen LogP contribution in [0.5, 0.6) is 0 Å². The zero-order valence-electron chi connectivity index (χ0n) is 9.62. The molecule has 0 heterocycles. The summed E-state index contributed by atoms with van der Waals surface area (Å²) in [7, 11) is 0. The number of hydrogen-bond donors (Lipinski definition) is 2. The van der Waals surface area contributed by atoms with Gasteiger partial charge in [0.15, 0.2) is 0 Å². The number of rotatable bonds is 6. The van der Waals surface area contributed by atoms with Gasteiger partial charge in [-0.3, -0.25) is 4.79 Å². The molecular formula is C13H18N2O. The Hall–Kier alpha value is -1.61. The van der Waals surface area contributed by atoms with Gasteiger partial charge in [-0.1, -0.05) is 36.9 Å². The molecule has 3 nitrogen and oxygen atoms in total. The first-order chi connectivity index (χ1) is 7.74. The van der Waals surface area contributed by atoms with Crippen molar-refractivity contribution in [2.45, 2.75) is 6.92 Å². The summed E-state index contributed by atoms with van der Waals surface area (Å²) in [4.78, 5) is 11.2. The molecule has 16 heavy (non-hydrogen) atoms. The van der Waals surface area contributed by atoms with Crippen LogP contribution in [0.1, 0.15) is 12.5 Å². The second kappa shape index (κ2) is 6.80. The summed E-state index contributed by atoms with van der Waals surface area (Å²) in [5.74, 6) is 0.0170. The van der Waals surface area contributed by atoms with Crippen molar-refractivity contribution in [3.8, 4) is 0 Å². The van der Waals surface area contributed by atoms with Crippen LogP contribution in [0.25, 0.3) is 5.57 Å². The highest BCUT2D eigenvalue weighted by Crippen LogP contribution is 2.09. The lowest BCUT2D eigenvalue weighted by molar-refractivity contribution is -0.120. The zero-order chi connectivity index (χ0) is 11.8. The lowest BCUT2D eigenvalue weighted by Gasteiger charge is -2.07. The molecule has 0 saturated carbocycles. The molecular weight excluding hydrogens is 200 g/mol. The van der Waals surface area contributed by atoms with E-state index in [1.807, 2.05) is 37.3 Å². The highest BCUT2D eigenvalue weighted by atomic mass is 16.1. The van der Waals surface area contributed by atoms with Crippen molar-refractivity contribution in [3.05, 3.63) is 42.5 Å². The molecule has 0 spiro atoms. The molecule has 0 bridgehead atoms. The van der Waals surface area contributed by atoms with Crippen molar-refractivity contribution in [1.82, 2.24) is 10.6 Å². The number of benzene rings is 1. The van der Waals surface area contributed by atoms with E-state index in [9.17, 15) is 4.79 Å². The third-order valence-electron chi connectivity index (χ3n) is 2.18. The highest BCUT2D eigenvalue weighted by molar-refractivity contribution is 5.78. The van der Waals surface area contributed by atoms with Crippen molar-refractivity contribution in [2.24, 2.45) is 0 Å². The van der Waals surface area contributed by atoms with Crippen LogP contribution in [0, 0.1) is 0 Å². The molecule has 3 heteroatoms. The van der Waals surface area contributed by atoms with E-state index in [4.69, 9.17) is 0 Å². The van der Waals surface area contributed by atoms with Gasteiger partial charge >= 0.3 is 0 Å². The molecule has 0 aromatic heterocycles. The lowest BCUT2D eigenvalue weighted by atomic mass is 10.1. The van der Waals surface area contributed by atoms with Gasteiger partial charge in [-0.2, -0.15) is 0 Å². The van der Waals surface area contributed by atoms with Crippen LogP contribution in [0.4, 0.5) is 0 Å². The van der Waals surface area contributed by atoms with Gasteiger partial charge in [0, 0.05) is 13.1 Å². The van der Waals surface area contributed by atoms with Crippen LogP contribution < -0.4 is 10.6 Å². The van der Waals surface area contributed by atoms with Crippen molar-refractivity contribution < 1.29 is 4.79 Å². The average Bonchev–Trinajstić information content (AvgIpc) is 2.30. The minimum absolute atomic E-state index is 0.0170. The zero-order valence-corrected chi connectivity index (χ0v) is 9.62. The SMILES string of the molecule is C=C(CNCC(=O)NCC)c1ccccc1. The quantitative estimate of drug-likeness (QED) is 0.758. The molecule has 86 valence electrons. The Morgan fingerprint density at radius 2 is 1.94 bits per heavy atom. The maximum absolute atomic E-state index is 11.2. The van der Waals surface area contributed by atoms with Crippen molar-refractivity contribution in [3.63, 3.8) is 0 Å². The predicted octanol–water partition coefficient (Wildman–Crippen LogP) is 1.43. The number of hydrogen-bond acceptors (Lipinski definition) is 2. The first-order valence-electron chi connectivity index (χ1n) is 5.44. The third-order valence-corrected chi connectivity index (χ3v) is 2.18. The normalized spacial score (nSPS) is 9.81. The minimum atomic E-state index is 0.0170. The van der Waals surface area contributed by atoms with Gasteiger partial charge in [-0.05, 0) is 18.1 Å². The summed E-state index contributed by atoms with van der Waals surface area (Å²) < 4.78 is 0. The predicted molar refractivity (Wildman–Crippen MR) is 67.0 cm³/mol. The van der Waals surface area contributed by atoms with Crippen LogP contribution in [-0.4, -0.2) is 25.5 Å². The van der Waals surface area contributed by atoms with Crippen LogP contribution in [0.2, 0.25) is 0 Å². The van der Waals surface area contributed by atoms with E-state index in [1.54, 1.807) is 0 Å². The summed E-state index contributed by atoms with van der Waals surface area (Å²) in [6, 6.07) is 9.94. The van der Waals surface area contributed by atoms with Crippen LogP contribution in [-0.2, 0) is 4.79 Å². The molecule has 1 aromatic carbocycles. The fourth-order valence-electron chi connectivity index (χ4n) is 1.36. The smallest absolute Gasteiger partial charge is 0.233 e. The van der Waals surface area contributed by atoms with E-state index in [2.05, 4.69) is 17.2 Å². The van der Waals surface area contributed by atoms with Gasteiger partial charge in [-0.25, -0.2) is 0 Å². The molecule has 1 aromatic rings. The molecule has 0 atom stereocenters. The van der Waals surface area contributed by atoms with Gasteiger partial charge in [0.05, 0.1) is 6.54 Å². The van der Waals surface area contributed by atoms with Gasteiger partial charge in [0.25, 0.3) is 0 Å². The van der Waals surface area contributed by atoms with Crippen molar-refractivity contribution >= 4 is 11.5 Å². The fraction of sp³-hybridized carbons (Fsp3) is 0.308. The Bertz CT molecular complexity index is 346. The maximum atomic E-state index is 11.2. The first-order valence-corrected chi connectivity index (χ1v) is 5.44. The summed E-state index contributed by atoms with van der Waals surface area (Å²) >= 11 is 0. The number of nitrogens with one attached hydrogen (secondary N) is 2. The Labute approximate surface area is 96.6 Å². The van der Waals surface area contributed by atoms with E-state index in [0.29, 0.717) is 19.6 Å². The molecule has 0 aliphatic rings. The largest absolute Gasteiger partial charge is 0.355 e. The van der Waals surface area contributed by atoms with Gasteiger partial charge < -0.3 is 10.6 Å². The molecule has 1 amide bonds. The fourth-order valence-corrected chi connectivity index (χ4v) is 1.36. The van der Waals surface area contributed by atoms with Crippen LogP contribution in [0.15, 0.2) is 36.9 Å². The molecule has 0 fully saturated rings. The van der Waals surface area contributed by atoms with Crippen LogP contribution >= 0.6 is 0 Å². The number of carbonyl (C=O) groups is 1. The highest BCUT2D eigenvalue weighted by Gasteiger charge is 2.00. The van der Waals surface area contributed by atoms with E-state index in [1.165, 1.54) is 0 Å². The molecule has 1 rings (SSSR count). The standard InChI is InChI=1S/C13H18N2O/c1-3-15-13(16)10-14-9-11(2)12-7-5-4-6-8-12/h4-8,14H,2-3,9-10H2,1H3,(H,15,16). The Morgan fingerprint density at radius 3 is 2.56 bits per heavy atom. The molecule has 0 aliphatic heterocycles. The number of likely N-dealkylation sites (N-methyl/N-ethyl adjacent to an activating group) is 1. The lowest BCUT2D eigenvalue weighted by Crippen LogP contribution is -2.34. The second-order valence-corrected chi connectivity index (χ2v) is 3.53. The Morgan fingerprint density at radius 1 is 1.25 bits per heavy atom. The third kappa shape index (κ3) is 4.28. The average molecular weight is 218 g/mol. The summed E-state index contributed by atoms with van der Waals surface area (Å²) in [6.45, 7) is 7.50. The molecule has 0 unspecified atom stereocenters. The monoisotopic (exact) mass is 218 g/mol. The number of carbonyl (C=O) groups excluding carboxylic acids is 1. The number of amides is 1. The Kier molecular flexibility index (Phi) is 5.29. The van der Waals surface area contributed by atoms with Crippen molar-refractivity contribution in [1.29, 1.82) is 0 Å². The van der Waals surface area contributed by atoms with Crippen molar-refractivity contribution in [2.75, 3.05) is 19.6 Å². The Balaban J connectivity index is 2.29. The van der Waals surface area contributed by atoms with Gasteiger partial charge in [0.2, 0.25) is 5.91 Å². The van der Waals surface area contributed by atoms with E-state index in [-0.39, 0.29) is 5.91 Å². The van der Waals surface area contributed by atoms with E-state index < -0.39 is 0 Å². The molecule has 2 N–H and O–H groups in total. The maximum Gasteiger partial charge on any atom is 0.233 e. The van der Waals surface area contributed by atoms with E-state index >= 15 is 0 Å². The molecule has 0 aliphatic carbocycles. The summed E-state index contributed by atoms with van der Waals surface area (Å²) in [5.41, 5.74) is 2.09. The second-order valence-electron chi connectivity index (χ2n) is 3.53. The van der Waals surface area contributed by atoms with Gasteiger partial charge in [0.1, 0.15) is 0 Å². The molecule has 0 saturated heterocycles. The molecule has 0 radical (unpaired) electrons.